The molecule has 0 spiro atoms. The normalized spacial score (nSPS) is 11.9. The summed E-state index contributed by atoms with van der Waals surface area (Å²) < 4.78 is 0.740. The minimum Gasteiger partial charge on any atom is -0.481 e. The summed E-state index contributed by atoms with van der Waals surface area (Å²) in [5, 5.41) is 11.8. The molecule has 0 aliphatic carbocycles. The minimum atomic E-state index is -0.822. The molecule has 1 aromatic carbocycles. The highest BCUT2D eigenvalue weighted by atomic mass is 79.9. The Morgan fingerprint density at radius 1 is 1.42 bits per heavy atom. The van der Waals surface area contributed by atoms with Crippen LogP contribution in [0.1, 0.15) is 30.1 Å². The van der Waals surface area contributed by atoms with Crippen LogP contribution < -0.4 is 5.32 Å². The number of nitrogens with one attached hydrogen (secondary N) is 1. The van der Waals surface area contributed by atoms with Gasteiger partial charge in [-0.3, -0.25) is 9.59 Å². The van der Waals surface area contributed by atoms with Crippen LogP contribution in [0.25, 0.3) is 0 Å². The van der Waals surface area contributed by atoms with Crippen molar-refractivity contribution >= 4 is 39.4 Å². The molecule has 0 saturated carbocycles. The average Bonchev–Trinajstić information content (AvgIpc) is 2.32. The van der Waals surface area contributed by atoms with Crippen LogP contribution in [0.4, 0.5) is 0 Å². The zero-order chi connectivity index (χ0) is 14.4. The molecular weight excluding hydrogens is 334 g/mol. The molecule has 0 aromatic heterocycles. The molecule has 19 heavy (non-hydrogen) atoms. The first-order valence-corrected chi connectivity index (χ1v) is 7.01. The topological polar surface area (TPSA) is 66.4 Å². The maximum atomic E-state index is 11.9. The van der Waals surface area contributed by atoms with Gasteiger partial charge in [-0.05, 0) is 30.5 Å². The van der Waals surface area contributed by atoms with Crippen molar-refractivity contribution in [2.24, 2.45) is 5.92 Å². The number of aliphatic carboxylic acids is 1. The lowest BCUT2D eigenvalue weighted by molar-refractivity contribution is -0.137. The Balaban J connectivity index is 2.48. The van der Waals surface area contributed by atoms with E-state index in [0.29, 0.717) is 23.6 Å². The first-order chi connectivity index (χ1) is 8.88. The highest BCUT2D eigenvalue weighted by Crippen LogP contribution is 2.19. The predicted molar refractivity (Wildman–Crippen MR) is 77.5 cm³/mol. The molecule has 0 aliphatic heterocycles. The van der Waals surface area contributed by atoms with Gasteiger partial charge in [0.1, 0.15) is 0 Å². The molecule has 1 aromatic rings. The van der Waals surface area contributed by atoms with Crippen molar-refractivity contribution in [3.05, 3.63) is 33.3 Å². The minimum absolute atomic E-state index is 0.111. The summed E-state index contributed by atoms with van der Waals surface area (Å²) in [6.45, 7) is 2.34. The Labute approximate surface area is 125 Å². The van der Waals surface area contributed by atoms with Crippen molar-refractivity contribution in [3.63, 3.8) is 0 Å². The van der Waals surface area contributed by atoms with Gasteiger partial charge in [0.25, 0.3) is 5.91 Å². The van der Waals surface area contributed by atoms with E-state index in [2.05, 4.69) is 21.2 Å². The Morgan fingerprint density at radius 3 is 2.68 bits per heavy atom. The molecule has 0 bridgehead atoms. The zero-order valence-corrected chi connectivity index (χ0v) is 12.8. The number of rotatable bonds is 6. The third kappa shape index (κ3) is 6.07. The summed E-state index contributed by atoms with van der Waals surface area (Å²) in [6, 6.07) is 4.97. The highest BCUT2D eigenvalue weighted by Gasteiger charge is 2.10. The lowest BCUT2D eigenvalue weighted by atomic mass is 10.1. The molecule has 1 rings (SSSR count). The Bertz CT molecular complexity index is 459. The van der Waals surface area contributed by atoms with E-state index in [1.54, 1.807) is 18.2 Å². The molecule has 104 valence electrons. The summed E-state index contributed by atoms with van der Waals surface area (Å²) >= 11 is 9.14. The molecule has 1 atom stereocenters. The molecule has 0 radical (unpaired) electrons. The fraction of sp³-hybridized carbons (Fsp3) is 0.385. The van der Waals surface area contributed by atoms with Gasteiger partial charge in [-0.15, -0.1) is 0 Å². The van der Waals surface area contributed by atoms with E-state index >= 15 is 0 Å². The van der Waals surface area contributed by atoms with E-state index < -0.39 is 5.97 Å². The number of halogens is 2. The molecule has 0 heterocycles. The summed E-state index contributed by atoms with van der Waals surface area (Å²) in [6.07, 6.45) is 0.647. The third-order valence-corrected chi connectivity index (χ3v) is 3.26. The van der Waals surface area contributed by atoms with Crippen LogP contribution >= 0.6 is 27.5 Å². The smallest absolute Gasteiger partial charge is 0.303 e. The van der Waals surface area contributed by atoms with Crippen molar-refractivity contribution in [1.82, 2.24) is 5.32 Å². The van der Waals surface area contributed by atoms with E-state index in [4.69, 9.17) is 16.7 Å². The summed E-state index contributed by atoms with van der Waals surface area (Å²) in [7, 11) is 0. The van der Waals surface area contributed by atoms with Gasteiger partial charge in [0, 0.05) is 28.0 Å². The summed E-state index contributed by atoms with van der Waals surface area (Å²) in [5.41, 5.74) is 0.477. The van der Waals surface area contributed by atoms with Crippen LogP contribution in [0.5, 0.6) is 0 Å². The fourth-order valence-electron chi connectivity index (χ4n) is 1.53. The first kappa shape index (κ1) is 16.0. The van der Waals surface area contributed by atoms with Crippen LogP contribution in [0.15, 0.2) is 22.7 Å². The van der Waals surface area contributed by atoms with E-state index in [1.807, 2.05) is 6.92 Å². The van der Waals surface area contributed by atoms with Crippen molar-refractivity contribution in [1.29, 1.82) is 0 Å². The Hall–Kier alpha value is -1.07. The van der Waals surface area contributed by atoms with Crippen LogP contribution in [0, 0.1) is 5.92 Å². The van der Waals surface area contributed by atoms with Gasteiger partial charge in [0.2, 0.25) is 0 Å². The molecule has 1 unspecified atom stereocenters. The quantitative estimate of drug-likeness (QED) is 0.828. The molecule has 2 N–H and O–H groups in total. The lowest BCUT2D eigenvalue weighted by Gasteiger charge is -2.11. The van der Waals surface area contributed by atoms with Gasteiger partial charge in [0.15, 0.2) is 0 Å². The molecule has 1 amide bonds. The zero-order valence-electron chi connectivity index (χ0n) is 10.5. The van der Waals surface area contributed by atoms with Gasteiger partial charge in [-0.2, -0.15) is 0 Å². The van der Waals surface area contributed by atoms with E-state index in [9.17, 15) is 9.59 Å². The van der Waals surface area contributed by atoms with Gasteiger partial charge in [-0.25, -0.2) is 0 Å². The number of carboxylic acid groups (broad SMARTS) is 1. The van der Waals surface area contributed by atoms with Crippen LogP contribution in [-0.2, 0) is 4.79 Å². The standard InChI is InChI=1S/C13H15BrClNO3/c1-8(2-3-12(17)18)7-16-13(19)9-4-10(14)6-11(15)5-9/h4-6,8H,2-3,7H2,1H3,(H,16,19)(H,17,18). The second-order valence-corrected chi connectivity index (χ2v) is 5.76. The highest BCUT2D eigenvalue weighted by molar-refractivity contribution is 9.10. The number of hydrogen-bond acceptors (Lipinski definition) is 2. The Morgan fingerprint density at radius 2 is 2.11 bits per heavy atom. The van der Waals surface area contributed by atoms with E-state index in [0.717, 1.165) is 4.47 Å². The van der Waals surface area contributed by atoms with E-state index in [-0.39, 0.29) is 18.2 Å². The summed E-state index contributed by atoms with van der Waals surface area (Å²) in [4.78, 5) is 22.3. The molecule has 0 aliphatic rings. The number of hydrogen-bond donors (Lipinski definition) is 2. The number of amides is 1. The van der Waals surface area contributed by atoms with Crippen molar-refractivity contribution in [3.8, 4) is 0 Å². The molecule has 0 saturated heterocycles. The molecule has 0 fully saturated rings. The van der Waals surface area contributed by atoms with Crippen molar-refractivity contribution in [2.45, 2.75) is 19.8 Å². The predicted octanol–water partition coefficient (Wildman–Crippen LogP) is 3.33. The maximum Gasteiger partial charge on any atom is 0.303 e. The number of carbonyl (C=O) groups excluding carboxylic acids is 1. The molecule has 4 nitrogen and oxygen atoms in total. The molecule has 6 heteroatoms. The van der Waals surface area contributed by atoms with Crippen LogP contribution in [0.2, 0.25) is 5.02 Å². The third-order valence-electron chi connectivity index (χ3n) is 2.59. The summed E-state index contributed by atoms with van der Waals surface area (Å²) in [5.74, 6) is -0.926. The monoisotopic (exact) mass is 347 g/mol. The van der Waals surface area contributed by atoms with Gasteiger partial charge >= 0.3 is 5.97 Å². The van der Waals surface area contributed by atoms with Gasteiger partial charge in [-0.1, -0.05) is 34.5 Å². The fourth-order valence-corrected chi connectivity index (χ4v) is 2.39. The first-order valence-electron chi connectivity index (χ1n) is 5.84. The Kier molecular flexibility index (Phi) is 6.31. The SMILES string of the molecule is CC(CCC(=O)O)CNC(=O)c1cc(Cl)cc(Br)c1. The molecular formula is C13H15BrClNO3. The number of carboxylic acids is 1. The second-order valence-electron chi connectivity index (χ2n) is 4.41. The van der Waals surface area contributed by atoms with Crippen LogP contribution in [-0.4, -0.2) is 23.5 Å². The van der Waals surface area contributed by atoms with Gasteiger partial charge in [0.05, 0.1) is 0 Å². The number of benzene rings is 1. The average molecular weight is 349 g/mol. The number of carbonyl (C=O) groups is 2. The maximum absolute atomic E-state index is 11.9. The van der Waals surface area contributed by atoms with Crippen molar-refractivity contribution < 1.29 is 14.7 Å². The van der Waals surface area contributed by atoms with E-state index in [1.165, 1.54) is 0 Å². The van der Waals surface area contributed by atoms with Gasteiger partial charge < -0.3 is 10.4 Å². The largest absolute Gasteiger partial charge is 0.481 e. The second kappa shape index (κ2) is 7.50. The van der Waals surface area contributed by atoms with Crippen LogP contribution in [0.3, 0.4) is 0 Å². The lowest BCUT2D eigenvalue weighted by Crippen LogP contribution is -2.28. The van der Waals surface area contributed by atoms with Crippen molar-refractivity contribution in [2.75, 3.05) is 6.54 Å².